The van der Waals surface area contributed by atoms with Gasteiger partial charge in [-0.1, -0.05) is 11.6 Å². The van der Waals surface area contributed by atoms with E-state index >= 15 is 0 Å². The van der Waals surface area contributed by atoms with E-state index < -0.39 is 12.0 Å². The lowest BCUT2D eigenvalue weighted by atomic mass is 9.97. The maximum atomic E-state index is 12.7. The van der Waals surface area contributed by atoms with Crippen LogP contribution in [-0.2, 0) is 9.59 Å². The number of piperidine rings is 1. The van der Waals surface area contributed by atoms with Crippen LogP contribution in [0.2, 0.25) is 5.02 Å². The Hall–Kier alpha value is -2.08. The van der Waals surface area contributed by atoms with Crippen molar-refractivity contribution in [2.75, 3.05) is 6.54 Å². The summed E-state index contributed by atoms with van der Waals surface area (Å²) in [4.78, 5) is 37.5. The van der Waals surface area contributed by atoms with E-state index in [4.69, 9.17) is 16.7 Å². The molecule has 7 heteroatoms. The summed E-state index contributed by atoms with van der Waals surface area (Å²) in [5, 5.41) is 12.1. The average Bonchev–Trinajstić information content (AvgIpc) is 2.60. The van der Waals surface area contributed by atoms with Crippen LogP contribution < -0.4 is 5.32 Å². The number of benzene rings is 1. The van der Waals surface area contributed by atoms with Gasteiger partial charge < -0.3 is 15.3 Å². The molecule has 1 heterocycles. The number of halogens is 1. The molecule has 1 aromatic carbocycles. The van der Waals surface area contributed by atoms with Crippen molar-refractivity contribution in [2.45, 2.75) is 51.1 Å². The van der Waals surface area contributed by atoms with E-state index in [0.29, 0.717) is 23.6 Å². The van der Waals surface area contributed by atoms with Crippen LogP contribution in [0.1, 0.15) is 49.4 Å². The molecule has 2 rings (SSSR count). The second kappa shape index (κ2) is 8.85. The summed E-state index contributed by atoms with van der Waals surface area (Å²) in [6.45, 7) is 2.25. The van der Waals surface area contributed by atoms with E-state index in [0.717, 1.165) is 19.3 Å². The number of carbonyl (C=O) groups excluding carboxylic acids is 2. The molecule has 2 N–H and O–H groups in total. The highest BCUT2D eigenvalue weighted by atomic mass is 35.5. The number of amides is 2. The third kappa shape index (κ3) is 5.46. The zero-order chi connectivity index (χ0) is 18.4. The second-order valence-electron chi connectivity index (χ2n) is 6.32. The monoisotopic (exact) mass is 366 g/mol. The van der Waals surface area contributed by atoms with Crippen molar-refractivity contribution < 1.29 is 19.5 Å². The molecule has 1 saturated heterocycles. The smallest absolute Gasteiger partial charge is 0.303 e. The normalized spacial score (nSPS) is 18.5. The highest BCUT2D eigenvalue weighted by molar-refractivity contribution is 6.30. The number of carboxylic acid groups (broad SMARTS) is 1. The third-order valence-corrected chi connectivity index (χ3v) is 4.68. The van der Waals surface area contributed by atoms with E-state index in [1.807, 2.05) is 0 Å². The van der Waals surface area contributed by atoms with Crippen LogP contribution in [-0.4, -0.2) is 46.4 Å². The van der Waals surface area contributed by atoms with Crippen LogP contribution in [0.3, 0.4) is 0 Å². The molecular weight excluding hydrogens is 344 g/mol. The van der Waals surface area contributed by atoms with Crippen LogP contribution in [0, 0.1) is 0 Å². The first-order chi connectivity index (χ1) is 11.9. The van der Waals surface area contributed by atoms with Crippen LogP contribution in [0.5, 0.6) is 0 Å². The van der Waals surface area contributed by atoms with Gasteiger partial charge in [0.05, 0.1) is 0 Å². The van der Waals surface area contributed by atoms with Gasteiger partial charge in [0, 0.05) is 29.6 Å². The standard InChI is InChI=1S/C18H23ClN2O4/c1-12(20-17(24)13-5-7-14(19)8-6-13)18(25)21-11-3-2-4-15(21)9-10-16(22)23/h5-8,12,15H,2-4,9-11H2,1H3,(H,20,24)(H,22,23). The van der Waals surface area contributed by atoms with E-state index in [-0.39, 0.29) is 24.3 Å². The van der Waals surface area contributed by atoms with Crippen molar-refractivity contribution in [3.05, 3.63) is 34.9 Å². The van der Waals surface area contributed by atoms with Crippen molar-refractivity contribution in [2.24, 2.45) is 0 Å². The number of nitrogens with zero attached hydrogens (tertiary/aromatic N) is 1. The minimum absolute atomic E-state index is 0.0416. The molecule has 2 unspecified atom stereocenters. The first kappa shape index (κ1) is 19.2. The maximum Gasteiger partial charge on any atom is 0.303 e. The van der Waals surface area contributed by atoms with Gasteiger partial charge in [0.25, 0.3) is 5.91 Å². The Labute approximate surface area is 152 Å². The summed E-state index contributed by atoms with van der Waals surface area (Å²) in [5.74, 6) is -1.36. The topological polar surface area (TPSA) is 86.7 Å². The first-order valence-corrected chi connectivity index (χ1v) is 8.85. The number of rotatable bonds is 6. The fourth-order valence-electron chi connectivity index (χ4n) is 3.07. The van der Waals surface area contributed by atoms with Crippen molar-refractivity contribution >= 4 is 29.4 Å². The molecular formula is C18H23ClN2O4. The average molecular weight is 367 g/mol. The quantitative estimate of drug-likeness (QED) is 0.810. The second-order valence-corrected chi connectivity index (χ2v) is 6.75. The maximum absolute atomic E-state index is 12.7. The van der Waals surface area contributed by atoms with Gasteiger partial charge in [-0.15, -0.1) is 0 Å². The van der Waals surface area contributed by atoms with Gasteiger partial charge in [-0.05, 0) is 56.9 Å². The highest BCUT2D eigenvalue weighted by Crippen LogP contribution is 2.22. The number of likely N-dealkylation sites (tertiary alicyclic amines) is 1. The number of carboxylic acids is 1. The molecule has 6 nitrogen and oxygen atoms in total. The Bertz CT molecular complexity index is 632. The first-order valence-electron chi connectivity index (χ1n) is 8.47. The van der Waals surface area contributed by atoms with E-state index in [2.05, 4.69) is 5.32 Å². The van der Waals surface area contributed by atoms with E-state index in [9.17, 15) is 14.4 Å². The van der Waals surface area contributed by atoms with Gasteiger partial charge in [0.15, 0.2) is 0 Å². The van der Waals surface area contributed by atoms with Crippen LogP contribution in [0.25, 0.3) is 0 Å². The van der Waals surface area contributed by atoms with Gasteiger partial charge in [-0.2, -0.15) is 0 Å². The Kier molecular flexibility index (Phi) is 6.82. The van der Waals surface area contributed by atoms with Crippen molar-refractivity contribution in [3.63, 3.8) is 0 Å². The summed E-state index contributed by atoms with van der Waals surface area (Å²) in [7, 11) is 0. The summed E-state index contributed by atoms with van der Waals surface area (Å²) in [6, 6.07) is 5.70. The molecule has 0 spiro atoms. The van der Waals surface area contributed by atoms with Gasteiger partial charge in [0.1, 0.15) is 6.04 Å². The van der Waals surface area contributed by atoms with Gasteiger partial charge >= 0.3 is 5.97 Å². The highest BCUT2D eigenvalue weighted by Gasteiger charge is 2.30. The molecule has 2 atom stereocenters. The number of hydrogen-bond donors (Lipinski definition) is 2. The molecule has 0 radical (unpaired) electrons. The fourth-order valence-corrected chi connectivity index (χ4v) is 3.20. The summed E-state index contributed by atoms with van der Waals surface area (Å²) in [5.41, 5.74) is 0.435. The molecule has 2 amide bonds. The van der Waals surface area contributed by atoms with Gasteiger partial charge in [-0.3, -0.25) is 14.4 Å². The molecule has 0 aliphatic carbocycles. The summed E-state index contributed by atoms with van der Waals surface area (Å²) in [6.07, 6.45) is 3.17. The lowest BCUT2D eigenvalue weighted by Crippen LogP contribution is -2.52. The molecule has 1 fully saturated rings. The van der Waals surface area contributed by atoms with Crippen LogP contribution >= 0.6 is 11.6 Å². The largest absolute Gasteiger partial charge is 0.481 e. The number of nitrogens with one attached hydrogen (secondary N) is 1. The van der Waals surface area contributed by atoms with Gasteiger partial charge in [0.2, 0.25) is 5.91 Å². The van der Waals surface area contributed by atoms with Crippen LogP contribution in [0.4, 0.5) is 0 Å². The molecule has 25 heavy (non-hydrogen) atoms. The predicted molar refractivity (Wildman–Crippen MR) is 94.6 cm³/mol. The molecule has 1 aromatic rings. The van der Waals surface area contributed by atoms with Crippen molar-refractivity contribution in [1.82, 2.24) is 10.2 Å². The van der Waals surface area contributed by atoms with Gasteiger partial charge in [-0.25, -0.2) is 0 Å². The molecule has 136 valence electrons. The molecule has 0 saturated carbocycles. The zero-order valence-electron chi connectivity index (χ0n) is 14.2. The van der Waals surface area contributed by atoms with E-state index in [1.54, 1.807) is 36.1 Å². The Morgan fingerprint density at radius 3 is 2.60 bits per heavy atom. The Morgan fingerprint density at radius 2 is 1.96 bits per heavy atom. The molecule has 0 aromatic heterocycles. The minimum Gasteiger partial charge on any atom is -0.481 e. The molecule has 0 bridgehead atoms. The fraction of sp³-hybridized carbons (Fsp3) is 0.500. The predicted octanol–water partition coefficient (Wildman–Crippen LogP) is 2.70. The van der Waals surface area contributed by atoms with Crippen molar-refractivity contribution in [1.29, 1.82) is 0 Å². The lowest BCUT2D eigenvalue weighted by Gasteiger charge is -2.37. The number of aliphatic carboxylic acids is 1. The number of hydrogen-bond acceptors (Lipinski definition) is 3. The van der Waals surface area contributed by atoms with Crippen LogP contribution in [0.15, 0.2) is 24.3 Å². The van der Waals surface area contributed by atoms with E-state index in [1.165, 1.54) is 0 Å². The Morgan fingerprint density at radius 1 is 1.28 bits per heavy atom. The third-order valence-electron chi connectivity index (χ3n) is 4.43. The SMILES string of the molecule is CC(NC(=O)c1ccc(Cl)cc1)C(=O)N1CCCCC1CCC(=O)O. The van der Waals surface area contributed by atoms with Crippen molar-refractivity contribution in [3.8, 4) is 0 Å². The lowest BCUT2D eigenvalue weighted by molar-refractivity contribution is -0.140. The minimum atomic E-state index is -0.859. The molecule has 1 aliphatic heterocycles. The number of carbonyl (C=O) groups is 3. The summed E-state index contributed by atoms with van der Waals surface area (Å²) < 4.78 is 0. The Balaban J connectivity index is 1.97. The summed E-state index contributed by atoms with van der Waals surface area (Å²) >= 11 is 5.81. The zero-order valence-corrected chi connectivity index (χ0v) is 15.0. The molecule has 1 aliphatic rings.